The summed E-state index contributed by atoms with van der Waals surface area (Å²) in [6.45, 7) is 0. The van der Waals surface area contributed by atoms with Crippen LogP contribution in [0.1, 0.15) is 0 Å². The summed E-state index contributed by atoms with van der Waals surface area (Å²) in [5, 5.41) is 22.0. The summed E-state index contributed by atoms with van der Waals surface area (Å²) in [4.78, 5) is 11.4. The van der Waals surface area contributed by atoms with Gasteiger partial charge in [-0.2, -0.15) is 0 Å². The molecule has 0 atom stereocenters. The van der Waals surface area contributed by atoms with Gasteiger partial charge in [0.25, 0.3) is 0 Å². The van der Waals surface area contributed by atoms with Crippen molar-refractivity contribution in [3.05, 3.63) is 58.6 Å². The molecule has 0 N–H and O–H groups in total. The molecule has 6 heteroatoms. The Balaban J connectivity index is 2.35. The van der Waals surface area contributed by atoms with Crippen molar-refractivity contribution in [3.63, 3.8) is 0 Å². The average molecular weight is 264 g/mol. The van der Waals surface area contributed by atoms with E-state index in [0.717, 1.165) is 21.5 Å². The van der Waals surface area contributed by atoms with Gasteiger partial charge >= 0.3 is 0 Å². The van der Waals surface area contributed by atoms with Crippen molar-refractivity contribution in [1.82, 2.24) is 15.1 Å². The zero-order valence-electron chi connectivity index (χ0n) is 10.2. The molecule has 3 aromatic carbocycles. The Morgan fingerprint density at radius 1 is 0.800 bits per heavy atom. The van der Waals surface area contributed by atoms with Gasteiger partial charge in [-0.1, -0.05) is 48.5 Å². The molecule has 0 spiro atoms. The van der Waals surface area contributed by atoms with E-state index >= 15 is 0 Å². The van der Waals surface area contributed by atoms with Gasteiger partial charge in [0.2, 0.25) is 11.0 Å². The second-order valence-corrected chi connectivity index (χ2v) is 4.49. The lowest BCUT2D eigenvalue weighted by molar-refractivity contribution is -0.563. The Morgan fingerprint density at radius 2 is 1.20 bits per heavy atom. The van der Waals surface area contributed by atoms with Crippen LogP contribution in [0.4, 0.5) is 0 Å². The van der Waals surface area contributed by atoms with Gasteiger partial charge in [0.05, 0.1) is 0 Å². The highest BCUT2D eigenvalue weighted by Gasteiger charge is 2.20. The number of hydrogen-bond acceptors (Lipinski definition) is 4. The van der Waals surface area contributed by atoms with Crippen LogP contribution in [0.5, 0.6) is 0 Å². The average Bonchev–Trinajstić information content (AvgIpc) is 2.93. The first-order valence-electron chi connectivity index (χ1n) is 6.07. The van der Waals surface area contributed by atoms with Gasteiger partial charge in [0.15, 0.2) is 0 Å². The molecular weight excluding hydrogens is 256 g/mol. The summed E-state index contributed by atoms with van der Waals surface area (Å²) >= 11 is 0. The molecule has 0 bridgehead atoms. The minimum absolute atomic E-state index is 0.531. The molecule has 0 fully saturated rings. The molecule has 1 heterocycles. The molecule has 4 rings (SSSR count). The van der Waals surface area contributed by atoms with Crippen LogP contribution in [0.3, 0.4) is 0 Å². The summed E-state index contributed by atoms with van der Waals surface area (Å²) in [5.41, 5.74) is 1.10. The van der Waals surface area contributed by atoms with Crippen molar-refractivity contribution in [2.45, 2.75) is 0 Å². The van der Waals surface area contributed by atoms with Crippen LogP contribution in [-0.2, 0) is 0 Å². The first-order chi connectivity index (χ1) is 9.75. The van der Waals surface area contributed by atoms with Crippen LogP contribution >= 0.6 is 0 Å². The number of nitro groups is 1. The number of hydrogen-bond donors (Lipinski definition) is 0. The molecule has 0 aliphatic carbocycles. The number of aromatic nitrogens is 3. The third-order valence-electron chi connectivity index (χ3n) is 3.40. The van der Waals surface area contributed by atoms with Crippen molar-refractivity contribution < 1.29 is 5.03 Å². The first-order valence-corrected chi connectivity index (χ1v) is 6.07. The minimum Gasteiger partial charge on any atom is -0.372 e. The Hall–Kier alpha value is -3.02. The SMILES string of the molecule is O=[N+]([O-])n1nc2c3ccccc3c3ccccc3c2n1. The van der Waals surface area contributed by atoms with Crippen LogP contribution in [-0.4, -0.2) is 20.1 Å². The molecule has 1 aromatic heterocycles. The van der Waals surface area contributed by atoms with Gasteiger partial charge in [-0.05, 0) is 10.8 Å². The molecule has 0 aliphatic rings. The highest BCUT2D eigenvalue weighted by molar-refractivity contribution is 6.22. The minimum atomic E-state index is -0.635. The molecule has 0 amide bonds. The van der Waals surface area contributed by atoms with E-state index < -0.39 is 5.03 Å². The monoisotopic (exact) mass is 264 g/mol. The largest absolute Gasteiger partial charge is 0.372 e. The van der Waals surface area contributed by atoms with E-state index in [1.807, 2.05) is 48.5 Å². The molecule has 6 nitrogen and oxygen atoms in total. The van der Waals surface area contributed by atoms with Crippen LogP contribution in [0.2, 0.25) is 0 Å². The molecule has 4 aromatic rings. The molecule has 96 valence electrons. The van der Waals surface area contributed by atoms with Crippen LogP contribution in [0, 0.1) is 10.1 Å². The number of rotatable bonds is 1. The van der Waals surface area contributed by atoms with E-state index in [4.69, 9.17) is 0 Å². The Bertz CT molecular complexity index is 918. The fraction of sp³-hybridized carbons (Fsp3) is 0. The predicted octanol–water partition coefficient (Wildman–Crippen LogP) is 2.78. The van der Waals surface area contributed by atoms with Gasteiger partial charge in [0.1, 0.15) is 4.91 Å². The van der Waals surface area contributed by atoms with E-state index in [2.05, 4.69) is 10.2 Å². The normalized spacial score (nSPS) is 11.4. The predicted molar refractivity (Wildman–Crippen MR) is 74.9 cm³/mol. The lowest BCUT2D eigenvalue weighted by Crippen LogP contribution is -2.11. The Morgan fingerprint density at radius 3 is 1.60 bits per heavy atom. The standard InChI is InChI=1S/C14H8N4O2/c19-18(20)17-15-13-11-7-3-1-5-9(11)10-6-2-4-8-12(10)14(13)16-17/h1-8H. The maximum absolute atomic E-state index is 10.9. The zero-order chi connectivity index (χ0) is 13.7. The third-order valence-corrected chi connectivity index (χ3v) is 3.40. The van der Waals surface area contributed by atoms with Crippen molar-refractivity contribution in [2.24, 2.45) is 0 Å². The smallest absolute Gasteiger partial charge is 0.219 e. The fourth-order valence-corrected chi connectivity index (χ4v) is 2.58. The van der Waals surface area contributed by atoms with Gasteiger partial charge in [-0.15, -0.1) is 0 Å². The molecule has 0 unspecified atom stereocenters. The van der Waals surface area contributed by atoms with Gasteiger partial charge in [-0.3, -0.25) is 0 Å². The van der Waals surface area contributed by atoms with Crippen LogP contribution in [0.25, 0.3) is 32.6 Å². The molecular formula is C14H8N4O2. The van der Waals surface area contributed by atoms with Gasteiger partial charge in [-0.25, -0.2) is 0 Å². The van der Waals surface area contributed by atoms with E-state index in [-0.39, 0.29) is 0 Å². The Labute approximate surface area is 112 Å². The number of fused-ring (bicyclic) bond motifs is 6. The fourth-order valence-electron chi connectivity index (χ4n) is 2.58. The van der Waals surface area contributed by atoms with Crippen molar-refractivity contribution in [3.8, 4) is 0 Å². The van der Waals surface area contributed by atoms with Crippen molar-refractivity contribution in [1.29, 1.82) is 0 Å². The van der Waals surface area contributed by atoms with Crippen molar-refractivity contribution in [2.75, 3.05) is 0 Å². The molecule has 0 saturated carbocycles. The summed E-state index contributed by atoms with van der Waals surface area (Å²) in [5.74, 6) is 0. The first kappa shape index (κ1) is 10.9. The highest BCUT2D eigenvalue weighted by atomic mass is 16.7. The molecule has 0 radical (unpaired) electrons. The zero-order valence-corrected chi connectivity index (χ0v) is 10.2. The highest BCUT2D eigenvalue weighted by Crippen LogP contribution is 2.32. The van der Waals surface area contributed by atoms with Gasteiger partial charge in [0, 0.05) is 26.0 Å². The summed E-state index contributed by atoms with van der Waals surface area (Å²) in [6, 6.07) is 15.5. The summed E-state index contributed by atoms with van der Waals surface area (Å²) < 4.78 is 0. The molecule has 20 heavy (non-hydrogen) atoms. The second-order valence-electron chi connectivity index (χ2n) is 4.49. The molecule has 0 saturated heterocycles. The lowest BCUT2D eigenvalue weighted by Gasteiger charge is -2.01. The Kier molecular flexibility index (Phi) is 2.03. The van der Waals surface area contributed by atoms with Crippen LogP contribution in [0.15, 0.2) is 48.5 Å². The number of nitrogens with zero attached hydrogens (tertiary/aromatic N) is 4. The maximum Gasteiger partial charge on any atom is 0.219 e. The van der Waals surface area contributed by atoms with Crippen LogP contribution < -0.4 is 0 Å². The second kappa shape index (κ2) is 3.74. The van der Waals surface area contributed by atoms with Gasteiger partial charge < -0.3 is 10.1 Å². The van der Waals surface area contributed by atoms with E-state index in [9.17, 15) is 10.1 Å². The maximum atomic E-state index is 10.9. The number of benzene rings is 3. The van der Waals surface area contributed by atoms with E-state index in [1.165, 1.54) is 0 Å². The topological polar surface area (TPSA) is 73.8 Å². The lowest BCUT2D eigenvalue weighted by atomic mass is 10.0. The summed E-state index contributed by atoms with van der Waals surface area (Å²) in [6.07, 6.45) is 0. The van der Waals surface area contributed by atoms with E-state index in [1.54, 1.807) is 0 Å². The summed E-state index contributed by atoms with van der Waals surface area (Å²) in [7, 11) is 0. The molecule has 0 aliphatic heterocycles. The van der Waals surface area contributed by atoms with Crippen molar-refractivity contribution >= 4 is 32.6 Å². The quantitative estimate of drug-likeness (QED) is 0.301. The van der Waals surface area contributed by atoms with E-state index in [0.29, 0.717) is 15.9 Å². The third kappa shape index (κ3) is 1.33.